The number of halogens is 3. The fourth-order valence-corrected chi connectivity index (χ4v) is 7.21. The number of sulfone groups is 1. The van der Waals surface area contributed by atoms with Crippen molar-refractivity contribution in [3.05, 3.63) is 23.4 Å². The Balaban J connectivity index is 1.42. The normalized spacial score (nSPS) is 26.1. The summed E-state index contributed by atoms with van der Waals surface area (Å²) in [7, 11) is -1.91. The molecule has 3 aliphatic rings. The quantitative estimate of drug-likeness (QED) is 0.557. The fraction of sp³-hybridized carbons (Fsp3) is 0.739. The van der Waals surface area contributed by atoms with Crippen molar-refractivity contribution in [2.24, 2.45) is 17.3 Å². The number of amides is 1. The van der Waals surface area contributed by atoms with Crippen molar-refractivity contribution in [3.8, 4) is 5.88 Å². The third-order valence-electron chi connectivity index (χ3n) is 7.30. The molecule has 1 aromatic rings. The van der Waals surface area contributed by atoms with Gasteiger partial charge in [-0.2, -0.15) is 13.2 Å². The Kier molecular flexibility index (Phi) is 6.68. The van der Waals surface area contributed by atoms with Crippen molar-refractivity contribution < 1.29 is 31.1 Å². The highest BCUT2D eigenvalue weighted by Crippen LogP contribution is 2.49. The Morgan fingerprint density at radius 1 is 1.12 bits per heavy atom. The zero-order valence-corrected chi connectivity index (χ0v) is 19.6. The smallest absolute Gasteiger partial charge is 0.433 e. The van der Waals surface area contributed by atoms with Crippen LogP contribution in [0.15, 0.2) is 12.1 Å². The molecule has 0 atom stereocenters. The number of hydrogen-bond acceptors (Lipinski definition) is 5. The van der Waals surface area contributed by atoms with E-state index in [-0.39, 0.29) is 22.1 Å². The average Bonchev–Trinajstić information content (AvgIpc) is 3.69. The summed E-state index contributed by atoms with van der Waals surface area (Å²) < 4.78 is 69.2. The van der Waals surface area contributed by atoms with E-state index in [1.165, 1.54) is 7.11 Å². The van der Waals surface area contributed by atoms with Crippen molar-refractivity contribution in [2.75, 3.05) is 19.4 Å². The number of rotatable bonds is 9. The number of alkyl halides is 3. The van der Waals surface area contributed by atoms with E-state index in [0.717, 1.165) is 57.1 Å². The van der Waals surface area contributed by atoms with Gasteiger partial charge in [0.1, 0.15) is 11.3 Å². The SMILES string of the molecule is COc1nc(C(F)(F)F)ccc1C(=O)NCC1(CC2CC2)CCC(S(=O)(=O)CC2CC2)CC1. The third-order valence-corrected chi connectivity index (χ3v) is 9.72. The van der Waals surface area contributed by atoms with Crippen LogP contribution in [-0.2, 0) is 16.0 Å². The topological polar surface area (TPSA) is 85.4 Å². The number of nitrogens with one attached hydrogen (secondary N) is 1. The van der Waals surface area contributed by atoms with E-state index in [1.54, 1.807) is 0 Å². The highest BCUT2D eigenvalue weighted by molar-refractivity contribution is 7.92. The molecule has 3 aliphatic carbocycles. The number of pyridine rings is 1. The Bertz CT molecular complexity index is 980. The van der Waals surface area contributed by atoms with Gasteiger partial charge >= 0.3 is 6.18 Å². The molecular formula is C23H31F3N2O4S. The van der Waals surface area contributed by atoms with Gasteiger partial charge in [-0.3, -0.25) is 4.79 Å². The second-order valence-corrected chi connectivity index (χ2v) is 12.4. The molecule has 0 bridgehead atoms. The lowest BCUT2D eigenvalue weighted by Gasteiger charge is -2.40. The molecule has 184 valence electrons. The van der Waals surface area contributed by atoms with Gasteiger partial charge < -0.3 is 10.1 Å². The molecule has 0 spiro atoms. The number of carbonyl (C=O) groups is 1. The number of carbonyl (C=O) groups excluding carboxylic acids is 1. The Labute approximate surface area is 192 Å². The molecule has 0 saturated heterocycles. The van der Waals surface area contributed by atoms with E-state index in [0.29, 0.717) is 37.0 Å². The third kappa shape index (κ3) is 6.00. The van der Waals surface area contributed by atoms with Gasteiger partial charge in [-0.05, 0) is 74.3 Å². The van der Waals surface area contributed by atoms with Crippen LogP contribution < -0.4 is 10.1 Å². The molecule has 10 heteroatoms. The summed E-state index contributed by atoms with van der Waals surface area (Å²) in [5, 5.41) is 2.58. The molecule has 0 radical (unpaired) electrons. The monoisotopic (exact) mass is 488 g/mol. The molecule has 1 heterocycles. The van der Waals surface area contributed by atoms with Crippen molar-refractivity contribution in [2.45, 2.75) is 69.2 Å². The maximum atomic E-state index is 12.9. The van der Waals surface area contributed by atoms with Crippen LogP contribution in [0.25, 0.3) is 0 Å². The van der Waals surface area contributed by atoms with E-state index in [9.17, 15) is 26.4 Å². The van der Waals surface area contributed by atoms with Gasteiger partial charge in [0.25, 0.3) is 5.91 Å². The van der Waals surface area contributed by atoms with Crippen LogP contribution in [0.2, 0.25) is 0 Å². The van der Waals surface area contributed by atoms with Crippen molar-refractivity contribution in [1.82, 2.24) is 10.3 Å². The number of nitrogens with zero attached hydrogens (tertiary/aromatic N) is 1. The van der Waals surface area contributed by atoms with Crippen LogP contribution in [0.1, 0.15) is 73.8 Å². The molecule has 1 N–H and O–H groups in total. The summed E-state index contributed by atoms with van der Waals surface area (Å²) >= 11 is 0. The van der Waals surface area contributed by atoms with Gasteiger partial charge in [0.2, 0.25) is 5.88 Å². The van der Waals surface area contributed by atoms with E-state index in [4.69, 9.17) is 4.74 Å². The largest absolute Gasteiger partial charge is 0.480 e. The zero-order chi connectivity index (χ0) is 23.9. The van der Waals surface area contributed by atoms with Gasteiger partial charge in [0.15, 0.2) is 9.84 Å². The molecule has 3 fully saturated rings. The number of hydrogen-bond donors (Lipinski definition) is 1. The predicted molar refractivity (Wildman–Crippen MR) is 117 cm³/mol. The number of aromatic nitrogens is 1. The second kappa shape index (κ2) is 9.07. The lowest BCUT2D eigenvalue weighted by Crippen LogP contribution is -2.43. The highest BCUT2D eigenvalue weighted by atomic mass is 32.2. The first-order valence-corrected chi connectivity index (χ1v) is 13.3. The Morgan fingerprint density at radius 3 is 2.30 bits per heavy atom. The minimum absolute atomic E-state index is 0.0484. The first-order chi connectivity index (χ1) is 15.5. The maximum Gasteiger partial charge on any atom is 0.433 e. The van der Waals surface area contributed by atoms with E-state index in [1.807, 2.05) is 0 Å². The molecule has 6 nitrogen and oxygen atoms in total. The molecular weight excluding hydrogens is 457 g/mol. The molecule has 33 heavy (non-hydrogen) atoms. The summed E-state index contributed by atoms with van der Waals surface area (Å²) in [5.41, 5.74) is -1.35. The second-order valence-electron chi connectivity index (χ2n) is 10.1. The maximum absolute atomic E-state index is 12.9. The summed E-state index contributed by atoms with van der Waals surface area (Å²) in [6, 6.07) is 1.85. The van der Waals surface area contributed by atoms with Gasteiger partial charge in [0.05, 0.1) is 18.1 Å². The average molecular weight is 489 g/mol. The van der Waals surface area contributed by atoms with Crippen LogP contribution in [-0.4, -0.2) is 44.0 Å². The van der Waals surface area contributed by atoms with Gasteiger partial charge in [-0.1, -0.05) is 12.8 Å². The lowest BCUT2D eigenvalue weighted by atomic mass is 9.70. The lowest BCUT2D eigenvalue weighted by molar-refractivity contribution is -0.141. The number of ether oxygens (including phenoxy) is 1. The van der Waals surface area contributed by atoms with Crippen LogP contribution in [0.3, 0.4) is 0 Å². The summed E-state index contributed by atoms with van der Waals surface area (Å²) in [6.07, 6.45) is 3.26. The molecule has 3 saturated carbocycles. The van der Waals surface area contributed by atoms with E-state index < -0.39 is 27.6 Å². The van der Waals surface area contributed by atoms with Gasteiger partial charge in [-0.15, -0.1) is 0 Å². The van der Waals surface area contributed by atoms with Crippen LogP contribution in [0.4, 0.5) is 13.2 Å². The van der Waals surface area contributed by atoms with E-state index >= 15 is 0 Å². The minimum Gasteiger partial charge on any atom is -0.480 e. The van der Waals surface area contributed by atoms with Crippen molar-refractivity contribution >= 4 is 15.7 Å². The predicted octanol–water partition coefficient (Wildman–Crippen LogP) is 4.39. The first kappa shape index (κ1) is 24.3. The molecule has 1 amide bonds. The van der Waals surface area contributed by atoms with Crippen LogP contribution in [0, 0.1) is 17.3 Å². The standard InChI is InChI=1S/C23H31F3N2O4S/c1-32-21-18(6-7-19(28-21)23(24,25)26)20(29)27-14-22(12-15-2-3-15)10-8-17(9-11-22)33(30,31)13-16-4-5-16/h6-7,15-17H,2-5,8-14H2,1H3,(H,27,29). The molecule has 0 aliphatic heterocycles. The molecule has 4 rings (SSSR count). The summed E-state index contributed by atoms with van der Waals surface area (Å²) in [6.45, 7) is 0.363. The van der Waals surface area contributed by atoms with Gasteiger partial charge in [-0.25, -0.2) is 13.4 Å². The fourth-order valence-electron chi connectivity index (χ4n) is 4.99. The Morgan fingerprint density at radius 2 is 1.76 bits per heavy atom. The molecule has 0 aromatic carbocycles. The molecule has 0 unspecified atom stereocenters. The van der Waals surface area contributed by atoms with Crippen molar-refractivity contribution in [1.29, 1.82) is 0 Å². The minimum atomic E-state index is -4.63. The van der Waals surface area contributed by atoms with Crippen molar-refractivity contribution in [3.63, 3.8) is 0 Å². The molecule has 1 aromatic heterocycles. The summed E-state index contributed by atoms with van der Waals surface area (Å²) in [5.74, 6) is 0.328. The first-order valence-electron chi connectivity index (χ1n) is 11.6. The zero-order valence-electron chi connectivity index (χ0n) is 18.8. The van der Waals surface area contributed by atoms with E-state index in [2.05, 4.69) is 10.3 Å². The van der Waals surface area contributed by atoms with Crippen LogP contribution in [0.5, 0.6) is 5.88 Å². The highest BCUT2D eigenvalue weighted by Gasteiger charge is 2.44. The summed E-state index contributed by atoms with van der Waals surface area (Å²) in [4.78, 5) is 16.3. The number of methoxy groups -OCH3 is 1. The van der Waals surface area contributed by atoms with Gasteiger partial charge in [0, 0.05) is 6.54 Å². The Hall–Kier alpha value is -1.84. The van der Waals surface area contributed by atoms with Crippen LogP contribution >= 0.6 is 0 Å².